The summed E-state index contributed by atoms with van der Waals surface area (Å²) in [5.74, 6) is -0.232. The van der Waals surface area contributed by atoms with Crippen LogP contribution in [0.4, 0.5) is 0 Å². The molecule has 0 spiro atoms. The van der Waals surface area contributed by atoms with Crippen LogP contribution in [0.15, 0.2) is 12.3 Å². The van der Waals surface area contributed by atoms with Crippen molar-refractivity contribution in [2.24, 2.45) is 0 Å². The van der Waals surface area contributed by atoms with Crippen LogP contribution in [0.2, 0.25) is 5.02 Å². The van der Waals surface area contributed by atoms with Gasteiger partial charge in [-0.1, -0.05) is 11.6 Å². The Kier molecular flexibility index (Phi) is 3.93. The highest BCUT2D eigenvalue weighted by Crippen LogP contribution is 2.15. The molecule has 0 aliphatic carbocycles. The molecule has 92 valence electrons. The summed E-state index contributed by atoms with van der Waals surface area (Å²) in [6.45, 7) is 4.45. The fraction of sp³-hybridized carbons (Fsp3) is 0.455. The molecule has 0 aromatic carbocycles. The zero-order chi connectivity index (χ0) is 12.3. The third-order valence-electron chi connectivity index (χ3n) is 2.51. The van der Waals surface area contributed by atoms with Gasteiger partial charge in [0.2, 0.25) is 0 Å². The molecule has 1 aliphatic rings. The lowest BCUT2D eigenvalue weighted by Gasteiger charge is -2.26. The predicted octanol–water partition coefficient (Wildman–Crippen LogP) is 1.02. The summed E-state index contributed by atoms with van der Waals surface area (Å²) in [5.41, 5.74) is 3.97. The molecule has 0 radical (unpaired) electrons. The van der Waals surface area contributed by atoms with Gasteiger partial charge in [-0.3, -0.25) is 15.2 Å². The van der Waals surface area contributed by atoms with Crippen molar-refractivity contribution in [2.45, 2.75) is 6.92 Å². The maximum absolute atomic E-state index is 11.9. The Labute approximate surface area is 105 Å². The number of ether oxygens (including phenoxy) is 1. The van der Waals surface area contributed by atoms with Crippen molar-refractivity contribution in [3.05, 3.63) is 28.5 Å². The summed E-state index contributed by atoms with van der Waals surface area (Å²) in [6.07, 6.45) is 1.49. The Morgan fingerprint density at radius 2 is 2.24 bits per heavy atom. The van der Waals surface area contributed by atoms with E-state index in [1.807, 2.05) is 11.9 Å². The van der Waals surface area contributed by atoms with Crippen LogP contribution >= 0.6 is 11.6 Å². The molecule has 2 heterocycles. The highest BCUT2D eigenvalue weighted by molar-refractivity contribution is 6.33. The summed E-state index contributed by atoms with van der Waals surface area (Å²) in [6, 6.07) is 1.68. The number of hydrazine groups is 1. The quantitative estimate of drug-likeness (QED) is 0.857. The van der Waals surface area contributed by atoms with Gasteiger partial charge in [-0.05, 0) is 13.0 Å². The van der Waals surface area contributed by atoms with Crippen LogP contribution < -0.4 is 5.43 Å². The smallest absolute Gasteiger partial charge is 0.268 e. The van der Waals surface area contributed by atoms with Crippen molar-refractivity contribution in [2.75, 3.05) is 26.3 Å². The second-order valence-electron chi connectivity index (χ2n) is 3.85. The molecule has 1 fully saturated rings. The van der Waals surface area contributed by atoms with Crippen LogP contribution in [0.25, 0.3) is 0 Å². The molecule has 1 amide bonds. The highest BCUT2D eigenvalue weighted by Gasteiger charge is 2.16. The van der Waals surface area contributed by atoms with Crippen LogP contribution in [0.5, 0.6) is 0 Å². The summed E-state index contributed by atoms with van der Waals surface area (Å²) in [5, 5.41) is 2.24. The molecule has 5 nitrogen and oxygen atoms in total. The molecule has 1 N–H and O–H groups in total. The fourth-order valence-electron chi connectivity index (χ4n) is 1.57. The first kappa shape index (κ1) is 12.3. The molecule has 1 aromatic rings. The summed E-state index contributed by atoms with van der Waals surface area (Å²) < 4.78 is 5.20. The summed E-state index contributed by atoms with van der Waals surface area (Å²) >= 11 is 6.00. The Balaban J connectivity index is 2.03. The third-order valence-corrected chi connectivity index (χ3v) is 2.82. The minimum absolute atomic E-state index is 0.232. The molecule has 6 heteroatoms. The number of aromatic nitrogens is 1. The van der Waals surface area contributed by atoms with E-state index >= 15 is 0 Å². The molecular weight excluding hydrogens is 242 g/mol. The normalized spacial score (nSPS) is 16.8. The maximum atomic E-state index is 11.9. The zero-order valence-electron chi connectivity index (χ0n) is 9.57. The van der Waals surface area contributed by atoms with Crippen LogP contribution in [-0.2, 0) is 4.74 Å². The maximum Gasteiger partial charge on any atom is 0.268 e. The first-order chi connectivity index (χ1) is 8.16. The van der Waals surface area contributed by atoms with E-state index in [0.717, 1.165) is 5.69 Å². The van der Waals surface area contributed by atoms with E-state index in [2.05, 4.69) is 10.4 Å². The zero-order valence-corrected chi connectivity index (χ0v) is 10.3. The molecule has 0 unspecified atom stereocenters. The standard InChI is InChI=1S/C11H14ClN3O2/c1-8-6-10(12)9(7-13-8)11(16)14-15-2-4-17-5-3-15/h6-7H,2-5H2,1H3,(H,14,16). The largest absolute Gasteiger partial charge is 0.379 e. The minimum atomic E-state index is -0.232. The van der Waals surface area contributed by atoms with E-state index in [1.54, 1.807) is 6.07 Å². The van der Waals surface area contributed by atoms with Gasteiger partial charge in [0.1, 0.15) is 0 Å². The lowest BCUT2D eigenvalue weighted by Crippen LogP contribution is -2.48. The van der Waals surface area contributed by atoms with Gasteiger partial charge in [0.15, 0.2) is 0 Å². The Morgan fingerprint density at radius 1 is 1.53 bits per heavy atom. The average molecular weight is 256 g/mol. The van der Waals surface area contributed by atoms with Gasteiger partial charge in [0.05, 0.1) is 23.8 Å². The number of hydrogen-bond acceptors (Lipinski definition) is 4. The van der Waals surface area contributed by atoms with Crippen molar-refractivity contribution < 1.29 is 9.53 Å². The lowest BCUT2D eigenvalue weighted by atomic mass is 10.2. The molecule has 0 saturated carbocycles. The van der Waals surface area contributed by atoms with E-state index < -0.39 is 0 Å². The highest BCUT2D eigenvalue weighted by atomic mass is 35.5. The number of pyridine rings is 1. The third kappa shape index (κ3) is 3.15. The number of nitrogens with zero attached hydrogens (tertiary/aromatic N) is 2. The van der Waals surface area contributed by atoms with E-state index in [0.29, 0.717) is 36.9 Å². The number of rotatable bonds is 2. The molecule has 0 atom stereocenters. The Bertz CT molecular complexity index is 419. The molecule has 1 aliphatic heterocycles. The van der Waals surface area contributed by atoms with Gasteiger partial charge in [-0.2, -0.15) is 0 Å². The van der Waals surface area contributed by atoms with E-state index in [4.69, 9.17) is 16.3 Å². The number of aryl methyl sites for hydroxylation is 1. The number of halogens is 1. The monoisotopic (exact) mass is 255 g/mol. The second-order valence-corrected chi connectivity index (χ2v) is 4.25. The van der Waals surface area contributed by atoms with Gasteiger partial charge in [-0.25, -0.2) is 5.01 Å². The molecular formula is C11H14ClN3O2. The molecule has 1 saturated heterocycles. The first-order valence-corrected chi connectivity index (χ1v) is 5.80. The van der Waals surface area contributed by atoms with E-state index in [-0.39, 0.29) is 5.91 Å². The van der Waals surface area contributed by atoms with Crippen molar-refractivity contribution in [1.29, 1.82) is 0 Å². The molecule has 17 heavy (non-hydrogen) atoms. The summed E-state index contributed by atoms with van der Waals surface area (Å²) in [7, 11) is 0. The minimum Gasteiger partial charge on any atom is -0.379 e. The number of nitrogens with one attached hydrogen (secondary N) is 1. The van der Waals surface area contributed by atoms with Gasteiger partial charge in [0.25, 0.3) is 5.91 Å². The van der Waals surface area contributed by atoms with Gasteiger partial charge >= 0.3 is 0 Å². The van der Waals surface area contributed by atoms with Crippen LogP contribution in [0.3, 0.4) is 0 Å². The Hall–Kier alpha value is -1.17. The van der Waals surface area contributed by atoms with Gasteiger partial charge in [0, 0.05) is 25.0 Å². The van der Waals surface area contributed by atoms with Crippen molar-refractivity contribution in [1.82, 2.24) is 15.4 Å². The van der Waals surface area contributed by atoms with Gasteiger partial charge in [-0.15, -0.1) is 0 Å². The fourth-order valence-corrected chi connectivity index (χ4v) is 1.87. The average Bonchev–Trinajstić information content (AvgIpc) is 2.30. The van der Waals surface area contributed by atoms with Gasteiger partial charge < -0.3 is 4.74 Å². The second kappa shape index (κ2) is 5.44. The number of carbonyl (C=O) groups is 1. The lowest BCUT2D eigenvalue weighted by molar-refractivity contribution is 0.0126. The van der Waals surface area contributed by atoms with Crippen molar-refractivity contribution in [3.8, 4) is 0 Å². The van der Waals surface area contributed by atoms with E-state index in [1.165, 1.54) is 6.20 Å². The molecule has 2 rings (SSSR count). The number of carbonyl (C=O) groups excluding carboxylic acids is 1. The Morgan fingerprint density at radius 3 is 2.88 bits per heavy atom. The molecule has 0 bridgehead atoms. The van der Waals surface area contributed by atoms with E-state index in [9.17, 15) is 4.79 Å². The van der Waals surface area contributed by atoms with Crippen molar-refractivity contribution in [3.63, 3.8) is 0 Å². The topological polar surface area (TPSA) is 54.5 Å². The van der Waals surface area contributed by atoms with Crippen LogP contribution in [-0.4, -0.2) is 42.2 Å². The number of morpholine rings is 1. The van der Waals surface area contributed by atoms with Crippen LogP contribution in [0.1, 0.15) is 16.1 Å². The number of hydrogen-bond donors (Lipinski definition) is 1. The van der Waals surface area contributed by atoms with Crippen molar-refractivity contribution >= 4 is 17.5 Å². The van der Waals surface area contributed by atoms with Crippen LogP contribution in [0, 0.1) is 6.92 Å². The first-order valence-electron chi connectivity index (χ1n) is 5.42. The molecule has 1 aromatic heterocycles. The summed E-state index contributed by atoms with van der Waals surface area (Å²) in [4.78, 5) is 16.0. The number of amides is 1. The SMILES string of the molecule is Cc1cc(Cl)c(C(=O)NN2CCOCC2)cn1. The predicted molar refractivity (Wildman–Crippen MR) is 63.8 cm³/mol.